The van der Waals surface area contributed by atoms with E-state index in [0.717, 1.165) is 11.1 Å². The van der Waals surface area contributed by atoms with Crippen LogP contribution in [0.25, 0.3) is 0 Å². The number of sulfonamides is 1. The minimum absolute atomic E-state index is 0.0431. The number of carbonyl (C=O) groups is 1. The first-order valence-electron chi connectivity index (χ1n) is 9.12. The molecule has 152 valence electrons. The highest BCUT2D eigenvalue weighted by Gasteiger charge is 2.19. The van der Waals surface area contributed by atoms with Gasteiger partial charge in [-0.15, -0.1) is 0 Å². The van der Waals surface area contributed by atoms with Crippen LogP contribution in [0.15, 0.2) is 57.9 Å². The number of aromatic nitrogens is 1. The predicted octanol–water partition coefficient (Wildman–Crippen LogP) is 3.01. The first-order chi connectivity index (χ1) is 13.8. The minimum atomic E-state index is -3.76. The Hall–Kier alpha value is -2.97. The topological polar surface area (TPSA) is 101 Å². The monoisotopic (exact) mass is 413 g/mol. The van der Waals surface area contributed by atoms with Crippen molar-refractivity contribution in [1.29, 1.82) is 0 Å². The second kappa shape index (κ2) is 8.59. The molecule has 0 unspecified atom stereocenters. The summed E-state index contributed by atoms with van der Waals surface area (Å²) in [7, 11) is -3.76. The average molecular weight is 413 g/mol. The molecule has 3 aromatic rings. The number of benzene rings is 2. The molecule has 0 bridgehead atoms. The first-order valence-corrected chi connectivity index (χ1v) is 10.6. The molecule has 2 N–H and O–H groups in total. The summed E-state index contributed by atoms with van der Waals surface area (Å²) in [5, 5.41) is 6.67. The lowest BCUT2D eigenvalue weighted by Crippen LogP contribution is -2.26. The van der Waals surface area contributed by atoms with Gasteiger partial charge in [0.2, 0.25) is 10.0 Å². The number of nitrogens with zero attached hydrogens (tertiary/aromatic N) is 1. The van der Waals surface area contributed by atoms with Crippen molar-refractivity contribution in [2.24, 2.45) is 0 Å². The van der Waals surface area contributed by atoms with E-state index < -0.39 is 10.0 Å². The van der Waals surface area contributed by atoms with Crippen molar-refractivity contribution in [3.05, 3.63) is 82.2 Å². The lowest BCUT2D eigenvalue weighted by molar-refractivity contribution is 0.0950. The molecule has 0 radical (unpaired) electrons. The molecule has 8 heteroatoms. The van der Waals surface area contributed by atoms with Crippen LogP contribution in [0.2, 0.25) is 0 Å². The molecule has 0 aliphatic rings. The van der Waals surface area contributed by atoms with E-state index in [1.807, 2.05) is 30.3 Å². The van der Waals surface area contributed by atoms with Crippen LogP contribution < -0.4 is 10.0 Å². The normalized spacial score (nSPS) is 11.4. The Balaban J connectivity index is 1.75. The maximum Gasteiger partial charge on any atom is 0.251 e. The van der Waals surface area contributed by atoms with Crippen molar-refractivity contribution in [1.82, 2.24) is 15.2 Å². The van der Waals surface area contributed by atoms with Gasteiger partial charge in [0.25, 0.3) is 5.91 Å². The van der Waals surface area contributed by atoms with Crippen molar-refractivity contribution in [3.63, 3.8) is 0 Å². The van der Waals surface area contributed by atoms with Gasteiger partial charge in [0.05, 0.1) is 10.6 Å². The molecule has 2 aromatic carbocycles. The highest BCUT2D eigenvalue weighted by Crippen LogP contribution is 2.17. The molecule has 29 heavy (non-hydrogen) atoms. The molecule has 0 aliphatic carbocycles. The fraction of sp³-hybridized carbons (Fsp3) is 0.238. The van der Waals surface area contributed by atoms with E-state index in [9.17, 15) is 13.2 Å². The highest BCUT2D eigenvalue weighted by atomic mass is 32.2. The van der Waals surface area contributed by atoms with Crippen molar-refractivity contribution in [2.45, 2.75) is 38.8 Å². The summed E-state index contributed by atoms with van der Waals surface area (Å²) in [6.45, 7) is 5.76. The van der Waals surface area contributed by atoms with Gasteiger partial charge in [-0.3, -0.25) is 4.79 Å². The Morgan fingerprint density at radius 1 is 1.03 bits per heavy atom. The Kier molecular flexibility index (Phi) is 6.14. The van der Waals surface area contributed by atoms with Crippen molar-refractivity contribution >= 4 is 15.9 Å². The zero-order chi connectivity index (χ0) is 21.0. The van der Waals surface area contributed by atoms with Crippen molar-refractivity contribution < 1.29 is 17.7 Å². The fourth-order valence-electron chi connectivity index (χ4n) is 2.89. The molecular formula is C21H23N3O4S. The second-order valence-electron chi connectivity index (χ2n) is 6.77. The standard InChI is InChI=1S/C21H23N3O4S/c1-14-9-10-18(29(26,27)23-12-17-7-5-4-6-8-17)11-19(14)21(25)22-13-20-15(2)24-28-16(20)3/h4-11,23H,12-13H2,1-3H3,(H,22,25). The molecule has 0 aliphatic heterocycles. The van der Waals surface area contributed by atoms with E-state index >= 15 is 0 Å². The molecule has 0 saturated carbocycles. The van der Waals surface area contributed by atoms with Gasteiger partial charge in [-0.05, 0) is 44.0 Å². The largest absolute Gasteiger partial charge is 0.361 e. The fourth-order valence-corrected chi connectivity index (χ4v) is 3.93. The second-order valence-corrected chi connectivity index (χ2v) is 8.54. The number of amides is 1. The minimum Gasteiger partial charge on any atom is -0.361 e. The smallest absolute Gasteiger partial charge is 0.251 e. The summed E-state index contributed by atoms with van der Waals surface area (Å²) in [6, 6.07) is 13.7. The van der Waals surface area contributed by atoms with Gasteiger partial charge >= 0.3 is 0 Å². The predicted molar refractivity (Wildman–Crippen MR) is 109 cm³/mol. The van der Waals surface area contributed by atoms with E-state index in [2.05, 4.69) is 15.2 Å². The highest BCUT2D eigenvalue weighted by molar-refractivity contribution is 7.89. The number of aryl methyl sites for hydroxylation is 3. The quantitative estimate of drug-likeness (QED) is 0.620. The van der Waals surface area contributed by atoms with E-state index in [1.54, 1.807) is 26.8 Å². The van der Waals surface area contributed by atoms with Crippen LogP contribution in [-0.4, -0.2) is 19.5 Å². The van der Waals surface area contributed by atoms with Crippen LogP contribution in [-0.2, 0) is 23.1 Å². The van der Waals surface area contributed by atoms with Gasteiger partial charge in [-0.1, -0.05) is 41.6 Å². The molecule has 1 heterocycles. The third-order valence-corrected chi connectivity index (χ3v) is 6.08. The van der Waals surface area contributed by atoms with E-state index in [1.165, 1.54) is 12.1 Å². The third kappa shape index (κ3) is 4.90. The summed E-state index contributed by atoms with van der Waals surface area (Å²) in [5.41, 5.74) is 3.36. The maximum atomic E-state index is 12.7. The van der Waals surface area contributed by atoms with Gasteiger partial charge in [0.1, 0.15) is 5.76 Å². The van der Waals surface area contributed by atoms with Crippen molar-refractivity contribution in [2.75, 3.05) is 0 Å². The molecule has 3 rings (SSSR count). The number of carbonyl (C=O) groups excluding carboxylic acids is 1. The van der Waals surface area contributed by atoms with Crippen LogP contribution in [0.3, 0.4) is 0 Å². The van der Waals surface area contributed by atoms with E-state index in [-0.39, 0.29) is 23.9 Å². The Morgan fingerprint density at radius 3 is 2.41 bits per heavy atom. The number of nitrogens with one attached hydrogen (secondary N) is 2. The van der Waals surface area contributed by atoms with Gasteiger partial charge < -0.3 is 9.84 Å². The lowest BCUT2D eigenvalue weighted by Gasteiger charge is -2.11. The van der Waals surface area contributed by atoms with Crippen LogP contribution >= 0.6 is 0 Å². The summed E-state index contributed by atoms with van der Waals surface area (Å²) >= 11 is 0. The van der Waals surface area contributed by atoms with E-state index in [4.69, 9.17) is 4.52 Å². The summed E-state index contributed by atoms with van der Waals surface area (Å²) in [6.07, 6.45) is 0. The first kappa shape index (κ1) is 20.8. The third-order valence-electron chi connectivity index (χ3n) is 4.68. The van der Waals surface area contributed by atoms with Crippen LogP contribution in [0.1, 0.15) is 38.5 Å². The molecule has 0 saturated heterocycles. The number of hydrogen-bond acceptors (Lipinski definition) is 5. The molecule has 0 spiro atoms. The SMILES string of the molecule is Cc1ccc(S(=O)(=O)NCc2ccccc2)cc1C(=O)NCc1c(C)noc1C. The van der Waals surface area contributed by atoms with Crippen LogP contribution in [0.4, 0.5) is 0 Å². The lowest BCUT2D eigenvalue weighted by atomic mass is 10.1. The number of rotatable bonds is 7. The Bertz CT molecular complexity index is 1100. The molecule has 1 aromatic heterocycles. The van der Waals surface area contributed by atoms with Crippen LogP contribution in [0, 0.1) is 20.8 Å². The summed E-state index contributed by atoms with van der Waals surface area (Å²) in [4.78, 5) is 12.7. The number of hydrogen-bond donors (Lipinski definition) is 2. The maximum absolute atomic E-state index is 12.7. The van der Waals surface area contributed by atoms with E-state index in [0.29, 0.717) is 22.6 Å². The summed E-state index contributed by atoms with van der Waals surface area (Å²) in [5.74, 6) is 0.281. The Morgan fingerprint density at radius 2 is 1.76 bits per heavy atom. The molecule has 7 nitrogen and oxygen atoms in total. The summed E-state index contributed by atoms with van der Waals surface area (Å²) < 4.78 is 33.0. The van der Waals surface area contributed by atoms with Crippen molar-refractivity contribution in [3.8, 4) is 0 Å². The zero-order valence-corrected chi connectivity index (χ0v) is 17.3. The van der Waals surface area contributed by atoms with Gasteiger partial charge in [-0.25, -0.2) is 13.1 Å². The van der Waals surface area contributed by atoms with Gasteiger partial charge in [-0.2, -0.15) is 0 Å². The average Bonchev–Trinajstić information content (AvgIpc) is 3.03. The van der Waals surface area contributed by atoms with Gasteiger partial charge in [0, 0.05) is 24.2 Å². The Labute approximate surface area is 170 Å². The van der Waals surface area contributed by atoms with Gasteiger partial charge in [0.15, 0.2) is 0 Å². The zero-order valence-electron chi connectivity index (χ0n) is 16.5. The van der Waals surface area contributed by atoms with Crippen LogP contribution in [0.5, 0.6) is 0 Å². The molecule has 0 atom stereocenters. The molecule has 1 amide bonds. The molecular weight excluding hydrogens is 390 g/mol. The molecule has 0 fully saturated rings.